The van der Waals surface area contributed by atoms with E-state index in [4.69, 9.17) is 9.47 Å². The van der Waals surface area contributed by atoms with E-state index in [-0.39, 0.29) is 18.9 Å². The minimum absolute atomic E-state index is 0.144. The van der Waals surface area contributed by atoms with Crippen LogP contribution in [0.3, 0.4) is 0 Å². The first-order chi connectivity index (χ1) is 28.3. The molecule has 1 heterocycles. The van der Waals surface area contributed by atoms with Gasteiger partial charge in [0.25, 0.3) is 0 Å². The van der Waals surface area contributed by atoms with Crippen LogP contribution in [0.5, 0.6) is 0 Å². The number of nitrogens with one attached hydrogen (secondary N) is 1. The number of carbonyl (C=O) groups is 1. The van der Waals surface area contributed by atoms with Crippen LogP contribution in [0.1, 0.15) is 213 Å². The molecule has 6 N–H and O–H groups in total. The molecule has 1 amide bonds. The highest BCUT2D eigenvalue weighted by atomic mass is 16.7. The summed E-state index contributed by atoms with van der Waals surface area (Å²) in [4.78, 5) is 12.9. The third kappa shape index (κ3) is 29.6. The number of rotatable bonds is 40. The summed E-state index contributed by atoms with van der Waals surface area (Å²) in [5, 5.41) is 54.1. The van der Waals surface area contributed by atoms with Gasteiger partial charge in [0.05, 0.1) is 25.4 Å². The number of aliphatic hydroxyl groups excluding tert-OH is 5. The van der Waals surface area contributed by atoms with E-state index in [1.165, 1.54) is 161 Å². The van der Waals surface area contributed by atoms with Gasteiger partial charge in [-0.3, -0.25) is 4.79 Å². The Hall–Kier alpha value is -1.59. The Morgan fingerprint density at radius 3 is 1.48 bits per heavy atom. The second-order valence-electron chi connectivity index (χ2n) is 16.9. The van der Waals surface area contributed by atoms with E-state index < -0.39 is 49.5 Å². The summed E-state index contributed by atoms with van der Waals surface area (Å²) in [6.45, 7) is 3.75. The molecule has 0 bridgehead atoms. The maximum atomic E-state index is 12.9. The summed E-state index contributed by atoms with van der Waals surface area (Å²) in [6, 6.07) is -0.810. The Labute approximate surface area is 355 Å². The largest absolute Gasteiger partial charge is 0.394 e. The zero-order valence-corrected chi connectivity index (χ0v) is 37.3. The minimum Gasteiger partial charge on any atom is -0.394 e. The molecule has 0 aromatic rings. The van der Waals surface area contributed by atoms with Gasteiger partial charge in [-0.15, -0.1) is 0 Å². The summed E-state index contributed by atoms with van der Waals surface area (Å²) in [5.41, 5.74) is 0. The van der Waals surface area contributed by atoms with Crippen molar-refractivity contribution in [1.29, 1.82) is 0 Å². The van der Waals surface area contributed by atoms with Crippen LogP contribution in [-0.2, 0) is 14.3 Å². The second kappa shape index (κ2) is 39.5. The number of amides is 1. The van der Waals surface area contributed by atoms with E-state index in [1.54, 1.807) is 0 Å². The van der Waals surface area contributed by atoms with Gasteiger partial charge in [0, 0.05) is 6.42 Å². The molecule has 340 valence electrons. The van der Waals surface area contributed by atoms with Crippen molar-refractivity contribution in [3.8, 4) is 0 Å². The SMILES string of the molecule is CCCCCCCCCCCCC=CC[C@@H](O)[C@H](CO[C@@H]1O[C@H](CO)[C@@H](O)C(O)C1O)NC(=O)CC=CCC=CCCCCCCCCCCCCCCCCCC. The summed E-state index contributed by atoms with van der Waals surface area (Å²) >= 11 is 0. The fourth-order valence-electron chi connectivity index (χ4n) is 7.58. The van der Waals surface area contributed by atoms with Gasteiger partial charge in [-0.2, -0.15) is 0 Å². The molecule has 58 heavy (non-hydrogen) atoms. The molecule has 0 radical (unpaired) electrons. The third-order valence-electron chi connectivity index (χ3n) is 11.5. The smallest absolute Gasteiger partial charge is 0.224 e. The van der Waals surface area contributed by atoms with Crippen LogP contribution < -0.4 is 5.32 Å². The quantitative estimate of drug-likeness (QED) is 0.0264. The lowest BCUT2D eigenvalue weighted by molar-refractivity contribution is -0.302. The number of aliphatic hydroxyl groups is 5. The predicted molar refractivity (Wildman–Crippen MR) is 240 cm³/mol. The van der Waals surface area contributed by atoms with Crippen LogP contribution in [0.25, 0.3) is 0 Å². The molecule has 2 unspecified atom stereocenters. The number of ether oxygens (including phenoxy) is 2. The lowest BCUT2D eigenvalue weighted by atomic mass is 9.99. The Kier molecular flexibility index (Phi) is 37.1. The van der Waals surface area contributed by atoms with Crippen LogP contribution in [0.2, 0.25) is 0 Å². The van der Waals surface area contributed by atoms with Gasteiger partial charge in [0.2, 0.25) is 5.91 Å². The maximum absolute atomic E-state index is 12.9. The molecule has 9 nitrogen and oxygen atoms in total. The molecule has 1 rings (SSSR count). The molecular formula is C49H91NO8. The summed E-state index contributed by atoms with van der Waals surface area (Å²) in [5.74, 6) is -0.274. The van der Waals surface area contributed by atoms with Crippen LogP contribution in [0.15, 0.2) is 36.5 Å². The highest BCUT2D eigenvalue weighted by molar-refractivity contribution is 5.77. The van der Waals surface area contributed by atoms with Crippen LogP contribution in [0.4, 0.5) is 0 Å². The van der Waals surface area contributed by atoms with Gasteiger partial charge < -0.3 is 40.3 Å². The predicted octanol–water partition coefficient (Wildman–Crippen LogP) is 10.5. The van der Waals surface area contributed by atoms with E-state index in [2.05, 4.69) is 37.4 Å². The van der Waals surface area contributed by atoms with Crippen LogP contribution in [0, 0.1) is 0 Å². The number of unbranched alkanes of at least 4 members (excludes halogenated alkanes) is 26. The highest BCUT2D eigenvalue weighted by Crippen LogP contribution is 2.23. The first-order valence-corrected chi connectivity index (χ1v) is 24.2. The normalized spacial score (nSPS) is 21.1. The standard InChI is InChI=1S/C49H91NO8/c1-3-5-7-9-11-13-15-17-18-19-20-21-22-23-24-25-27-29-31-33-35-37-39-45(53)50-42(41-57-49-48(56)47(55)46(54)44(40-51)58-49)43(52)38-36-34-32-30-28-26-16-14-12-10-8-6-4-2/h29,31,34-37,42-44,46-49,51-52,54-56H,3-28,30,32-33,38-41H2,1-2H3,(H,50,53)/t42-,43+,44+,46+,47?,48?,49+/m0/s1. The lowest BCUT2D eigenvalue weighted by Crippen LogP contribution is -2.60. The van der Waals surface area contributed by atoms with E-state index in [9.17, 15) is 30.3 Å². The van der Waals surface area contributed by atoms with Crippen molar-refractivity contribution in [3.05, 3.63) is 36.5 Å². The van der Waals surface area contributed by atoms with Crippen molar-refractivity contribution in [1.82, 2.24) is 5.32 Å². The van der Waals surface area contributed by atoms with E-state index in [0.717, 1.165) is 25.7 Å². The van der Waals surface area contributed by atoms with Gasteiger partial charge in [0.15, 0.2) is 6.29 Å². The first-order valence-electron chi connectivity index (χ1n) is 24.2. The second-order valence-corrected chi connectivity index (χ2v) is 16.9. The summed E-state index contributed by atoms with van der Waals surface area (Å²) in [6.07, 6.45) is 42.1. The molecule has 1 aliphatic heterocycles. The van der Waals surface area contributed by atoms with Crippen molar-refractivity contribution in [2.24, 2.45) is 0 Å². The molecule has 1 fully saturated rings. The van der Waals surface area contributed by atoms with E-state index in [1.807, 2.05) is 18.2 Å². The summed E-state index contributed by atoms with van der Waals surface area (Å²) in [7, 11) is 0. The average Bonchev–Trinajstić information content (AvgIpc) is 3.22. The van der Waals surface area contributed by atoms with E-state index >= 15 is 0 Å². The van der Waals surface area contributed by atoms with Crippen molar-refractivity contribution < 1.29 is 39.8 Å². The molecule has 0 aromatic heterocycles. The summed E-state index contributed by atoms with van der Waals surface area (Å²) < 4.78 is 11.2. The molecule has 0 aliphatic carbocycles. The van der Waals surface area contributed by atoms with Crippen molar-refractivity contribution in [2.45, 2.75) is 256 Å². The van der Waals surface area contributed by atoms with Gasteiger partial charge >= 0.3 is 0 Å². The molecule has 0 spiro atoms. The fourth-order valence-corrected chi connectivity index (χ4v) is 7.58. The minimum atomic E-state index is -1.57. The van der Waals surface area contributed by atoms with Gasteiger partial charge in [0.1, 0.15) is 24.4 Å². The monoisotopic (exact) mass is 822 g/mol. The topological polar surface area (TPSA) is 149 Å². The molecule has 9 heteroatoms. The molecule has 1 saturated heterocycles. The number of hydrogen-bond acceptors (Lipinski definition) is 8. The Balaban J connectivity index is 2.33. The van der Waals surface area contributed by atoms with Crippen LogP contribution in [-0.4, -0.2) is 87.5 Å². The highest BCUT2D eigenvalue weighted by Gasteiger charge is 2.44. The zero-order valence-electron chi connectivity index (χ0n) is 37.3. The number of hydrogen-bond donors (Lipinski definition) is 6. The molecule has 0 saturated carbocycles. The van der Waals surface area contributed by atoms with Crippen LogP contribution >= 0.6 is 0 Å². The molecule has 1 aliphatic rings. The average molecular weight is 822 g/mol. The van der Waals surface area contributed by atoms with Gasteiger partial charge in [-0.1, -0.05) is 204 Å². The molecular weight excluding hydrogens is 731 g/mol. The number of allylic oxidation sites excluding steroid dienone is 4. The Morgan fingerprint density at radius 1 is 0.586 bits per heavy atom. The van der Waals surface area contributed by atoms with Crippen molar-refractivity contribution >= 4 is 5.91 Å². The Bertz CT molecular complexity index is 1000. The number of carbonyl (C=O) groups excluding carboxylic acids is 1. The third-order valence-corrected chi connectivity index (χ3v) is 11.5. The van der Waals surface area contributed by atoms with Gasteiger partial charge in [-0.05, 0) is 38.5 Å². The molecule has 7 atom stereocenters. The van der Waals surface area contributed by atoms with E-state index in [0.29, 0.717) is 6.42 Å². The molecule has 0 aromatic carbocycles. The maximum Gasteiger partial charge on any atom is 0.224 e. The van der Waals surface area contributed by atoms with Crippen molar-refractivity contribution in [2.75, 3.05) is 13.2 Å². The van der Waals surface area contributed by atoms with Crippen molar-refractivity contribution in [3.63, 3.8) is 0 Å². The lowest BCUT2D eigenvalue weighted by Gasteiger charge is -2.40. The Morgan fingerprint density at radius 2 is 1.02 bits per heavy atom. The first kappa shape index (κ1) is 54.4. The van der Waals surface area contributed by atoms with Gasteiger partial charge in [-0.25, -0.2) is 0 Å². The zero-order chi connectivity index (χ0) is 42.3. The fraction of sp³-hybridized carbons (Fsp3) is 0.857.